The molecule has 0 fully saturated rings. The number of carbonyl (C=O) groups excluding carboxylic acids is 1. The first-order valence-electron chi connectivity index (χ1n) is 6.91. The monoisotopic (exact) mass is 266 g/mol. The number of anilines is 1. The summed E-state index contributed by atoms with van der Waals surface area (Å²) in [5, 5.41) is 6.29. The minimum Gasteiger partial charge on any atom is -0.373 e. The van der Waals surface area contributed by atoms with Gasteiger partial charge in [0.05, 0.1) is 0 Å². The highest BCUT2D eigenvalue weighted by atomic mass is 16.2. The Labute approximate surface area is 119 Å². The molecule has 0 aliphatic carbocycles. The number of benzene rings is 2. The summed E-state index contributed by atoms with van der Waals surface area (Å²) in [6, 6.07) is 16.0. The summed E-state index contributed by atoms with van der Waals surface area (Å²) in [5.74, 6) is 0.0597. The van der Waals surface area contributed by atoms with Gasteiger partial charge in [-0.2, -0.15) is 0 Å². The first-order chi connectivity index (χ1) is 9.74. The van der Waals surface area contributed by atoms with Crippen molar-refractivity contribution in [2.75, 3.05) is 5.32 Å². The van der Waals surface area contributed by atoms with E-state index in [1.165, 1.54) is 11.1 Å². The van der Waals surface area contributed by atoms with Gasteiger partial charge >= 0.3 is 0 Å². The van der Waals surface area contributed by atoms with E-state index >= 15 is 0 Å². The Morgan fingerprint density at radius 1 is 1.20 bits per heavy atom. The summed E-state index contributed by atoms with van der Waals surface area (Å²) in [6.45, 7) is 2.64. The van der Waals surface area contributed by atoms with Gasteiger partial charge in [-0.3, -0.25) is 4.79 Å². The lowest BCUT2D eigenvalue weighted by molar-refractivity contribution is -0.121. The summed E-state index contributed by atoms with van der Waals surface area (Å²) in [5.41, 5.74) is 4.65. The summed E-state index contributed by atoms with van der Waals surface area (Å²) in [7, 11) is 0. The number of hydrogen-bond acceptors (Lipinski definition) is 2. The fourth-order valence-electron chi connectivity index (χ4n) is 2.57. The predicted molar refractivity (Wildman–Crippen MR) is 80.6 cm³/mol. The van der Waals surface area contributed by atoms with Crippen molar-refractivity contribution in [1.29, 1.82) is 0 Å². The van der Waals surface area contributed by atoms with Crippen molar-refractivity contribution in [1.82, 2.24) is 5.32 Å². The summed E-state index contributed by atoms with van der Waals surface area (Å²) < 4.78 is 0. The zero-order valence-corrected chi connectivity index (χ0v) is 11.5. The van der Waals surface area contributed by atoms with Crippen molar-refractivity contribution in [2.24, 2.45) is 0 Å². The molecule has 0 bridgehead atoms. The molecule has 1 amide bonds. The fraction of sp³-hybridized carbons (Fsp3) is 0.235. The van der Waals surface area contributed by atoms with Gasteiger partial charge in [-0.05, 0) is 29.7 Å². The Balaban J connectivity index is 1.61. The quantitative estimate of drug-likeness (QED) is 0.896. The van der Waals surface area contributed by atoms with E-state index < -0.39 is 0 Å². The van der Waals surface area contributed by atoms with Gasteiger partial charge in [-0.1, -0.05) is 42.5 Å². The summed E-state index contributed by atoms with van der Waals surface area (Å²) in [6.07, 6.45) is 0.760. The number of carbonyl (C=O) groups is 1. The second-order valence-electron chi connectivity index (χ2n) is 5.20. The van der Waals surface area contributed by atoms with Crippen LogP contribution in [0.15, 0.2) is 48.5 Å². The number of nitrogens with one attached hydrogen (secondary N) is 2. The molecule has 0 saturated carbocycles. The Kier molecular flexibility index (Phi) is 3.42. The maximum atomic E-state index is 12.2. The van der Waals surface area contributed by atoms with Crippen LogP contribution in [0.1, 0.15) is 16.7 Å². The van der Waals surface area contributed by atoms with E-state index in [-0.39, 0.29) is 11.9 Å². The lowest BCUT2D eigenvalue weighted by atomic mass is 10.1. The molecule has 3 nitrogen and oxygen atoms in total. The van der Waals surface area contributed by atoms with Gasteiger partial charge in [0.1, 0.15) is 6.04 Å². The van der Waals surface area contributed by atoms with Crippen LogP contribution < -0.4 is 10.6 Å². The molecule has 0 spiro atoms. The molecule has 0 saturated heterocycles. The van der Waals surface area contributed by atoms with Gasteiger partial charge in [0.2, 0.25) is 5.91 Å². The SMILES string of the molecule is Cc1ccccc1CNC(=O)[C@@H]1Cc2ccccc2N1. The van der Waals surface area contributed by atoms with Crippen LogP contribution in [0, 0.1) is 6.92 Å². The van der Waals surface area contributed by atoms with Gasteiger partial charge in [-0.25, -0.2) is 0 Å². The molecular weight excluding hydrogens is 248 g/mol. The second kappa shape index (κ2) is 5.37. The highest BCUT2D eigenvalue weighted by Gasteiger charge is 2.25. The van der Waals surface area contributed by atoms with Crippen LogP contribution >= 0.6 is 0 Å². The van der Waals surface area contributed by atoms with Gasteiger partial charge < -0.3 is 10.6 Å². The summed E-state index contributed by atoms with van der Waals surface area (Å²) in [4.78, 5) is 12.2. The van der Waals surface area contributed by atoms with Crippen molar-refractivity contribution in [2.45, 2.75) is 25.9 Å². The first kappa shape index (κ1) is 12.7. The number of para-hydroxylation sites is 1. The molecule has 1 heterocycles. The molecule has 0 unspecified atom stereocenters. The molecule has 2 N–H and O–H groups in total. The first-order valence-corrected chi connectivity index (χ1v) is 6.91. The molecular formula is C17H18N2O. The zero-order chi connectivity index (χ0) is 13.9. The Bertz CT molecular complexity index is 611. The lowest BCUT2D eigenvalue weighted by Gasteiger charge is -2.13. The maximum Gasteiger partial charge on any atom is 0.243 e. The number of aryl methyl sites for hydroxylation is 1. The minimum absolute atomic E-state index is 0.0597. The average molecular weight is 266 g/mol. The Morgan fingerprint density at radius 3 is 2.75 bits per heavy atom. The lowest BCUT2D eigenvalue weighted by Crippen LogP contribution is -2.38. The standard InChI is InChI=1S/C17H18N2O/c1-12-6-2-3-8-14(12)11-18-17(20)16-10-13-7-4-5-9-15(13)19-16/h2-9,16,19H,10-11H2,1H3,(H,18,20)/t16-/m0/s1. The van der Waals surface area contributed by atoms with Crippen molar-refractivity contribution in [3.63, 3.8) is 0 Å². The van der Waals surface area contributed by atoms with Crippen LogP contribution in [0.4, 0.5) is 5.69 Å². The van der Waals surface area contributed by atoms with Crippen LogP contribution in [0.5, 0.6) is 0 Å². The number of rotatable bonds is 3. The van der Waals surface area contributed by atoms with E-state index in [0.29, 0.717) is 6.54 Å². The van der Waals surface area contributed by atoms with E-state index in [0.717, 1.165) is 17.7 Å². The van der Waals surface area contributed by atoms with Crippen LogP contribution in [-0.2, 0) is 17.8 Å². The van der Waals surface area contributed by atoms with Gasteiger partial charge in [0.25, 0.3) is 0 Å². The third-order valence-corrected chi connectivity index (χ3v) is 3.80. The van der Waals surface area contributed by atoms with Crippen LogP contribution in [0.25, 0.3) is 0 Å². The van der Waals surface area contributed by atoms with Crippen LogP contribution in [0.2, 0.25) is 0 Å². The van der Waals surface area contributed by atoms with E-state index in [2.05, 4.69) is 29.7 Å². The molecule has 1 atom stereocenters. The average Bonchev–Trinajstić information content (AvgIpc) is 2.90. The van der Waals surface area contributed by atoms with Crippen molar-refractivity contribution in [3.05, 3.63) is 65.2 Å². The van der Waals surface area contributed by atoms with Crippen LogP contribution in [0.3, 0.4) is 0 Å². The minimum atomic E-state index is -0.156. The van der Waals surface area contributed by atoms with Gasteiger partial charge in [0.15, 0.2) is 0 Å². The topological polar surface area (TPSA) is 41.1 Å². The van der Waals surface area contributed by atoms with E-state index in [9.17, 15) is 4.79 Å². The number of hydrogen-bond donors (Lipinski definition) is 2. The number of fused-ring (bicyclic) bond motifs is 1. The molecule has 102 valence electrons. The van der Waals surface area contributed by atoms with Gasteiger partial charge in [-0.15, -0.1) is 0 Å². The molecule has 3 rings (SSSR count). The Morgan fingerprint density at radius 2 is 1.95 bits per heavy atom. The van der Waals surface area contributed by atoms with Crippen molar-refractivity contribution >= 4 is 11.6 Å². The molecule has 0 aromatic heterocycles. The third-order valence-electron chi connectivity index (χ3n) is 3.80. The molecule has 2 aromatic rings. The molecule has 1 aliphatic rings. The molecule has 0 radical (unpaired) electrons. The fourth-order valence-corrected chi connectivity index (χ4v) is 2.57. The third kappa shape index (κ3) is 2.52. The summed E-state index contributed by atoms with van der Waals surface area (Å²) >= 11 is 0. The van der Waals surface area contributed by atoms with Crippen LogP contribution in [-0.4, -0.2) is 11.9 Å². The smallest absolute Gasteiger partial charge is 0.243 e. The number of amides is 1. The van der Waals surface area contributed by atoms with E-state index in [1.54, 1.807) is 0 Å². The highest BCUT2D eigenvalue weighted by molar-refractivity contribution is 5.87. The molecule has 2 aromatic carbocycles. The van der Waals surface area contributed by atoms with E-state index in [4.69, 9.17) is 0 Å². The molecule has 20 heavy (non-hydrogen) atoms. The van der Waals surface area contributed by atoms with E-state index in [1.807, 2.05) is 36.4 Å². The van der Waals surface area contributed by atoms with Crippen molar-refractivity contribution < 1.29 is 4.79 Å². The van der Waals surface area contributed by atoms with Gasteiger partial charge in [0, 0.05) is 18.7 Å². The van der Waals surface area contributed by atoms with Crippen molar-refractivity contribution in [3.8, 4) is 0 Å². The normalized spacial score (nSPS) is 16.4. The zero-order valence-electron chi connectivity index (χ0n) is 11.5. The highest BCUT2D eigenvalue weighted by Crippen LogP contribution is 2.25. The molecule has 3 heteroatoms. The largest absolute Gasteiger partial charge is 0.373 e. The predicted octanol–water partition coefficient (Wildman–Crippen LogP) is 2.65. The second-order valence-corrected chi connectivity index (χ2v) is 5.20. The maximum absolute atomic E-state index is 12.2. The molecule has 1 aliphatic heterocycles. The Hall–Kier alpha value is -2.29.